The van der Waals surface area contributed by atoms with Crippen LogP contribution in [-0.4, -0.2) is 29.6 Å². The minimum Gasteiger partial charge on any atom is -0.425 e. The van der Waals surface area contributed by atoms with E-state index in [4.69, 9.17) is 9.47 Å². The summed E-state index contributed by atoms with van der Waals surface area (Å²) in [5.41, 5.74) is 1.03. The van der Waals surface area contributed by atoms with Crippen LogP contribution in [0.4, 0.5) is 0 Å². The predicted octanol–water partition coefficient (Wildman–Crippen LogP) is 2.80. The highest BCUT2D eigenvalue weighted by Gasteiger charge is 2.63. The Hall–Kier alpha value is -0.870. The van der Waals surface area contributed by atoms with Crippen LogP contribution >= 0.6 is 0 Å². The molecule has 1 N–H and O–H groups in total. The summed E-state index contributed by atoms with van der Waals surface area (Å²) in [4.78, 5) is 12.1. The van der Waals surface area contributed by atoms with Crippen LogP contribution in [0.1, 0.15) is 53.4 Å². The van der Waals surface area contributed by atoms with Gasteiger partial charge in [0.25, 0.3) is 0 Å². The summed E-state index contributed by atoms with van der Waals surface area (Å²) in [7, 11) is 0. The van der Waals surface area contributed by atoms with Gasteiger partial charge < -0.3 is 14.6 Å². The number of hydrogen-bond donors (Lipinski definition) is 1. The summed E-state index contributed by atoms with van der Waals surface area (Å²) >= 11 is 0. The van der Waals surface area contributed by atoms with Gasteiger partial charge in [-0.1, -0.05) is 26.7 Å². The van der Waals surface area contributed by atoms with Gasteiger partial charge in [0, 0.05) is 29.6 Å². The predicted molar refractivity (Wildman–Crippen MR) is 78.4 cm³/mol. The molecule has 1 heterocycles. The van der Waals surface area contributed by atoms with Crippen molar-refractivity contribution in [3.8, 4) is 0 Å². The number of ether oxygens (including phenoxy) is 2. The maximum Gasteiger partial charge on any atom is 0.336 e. The van der Waals surface area contributed by atoms with Crippen molar-refractivity contribution in [3.63, 3.8) is 0 Å². The molecule has 0 saturated heterocycles. The zero-order valence-corrected chi connectivity index (χ0v) is 13.4. The minimum absolute atomic E-state index is 0.191. The standard InChI is InChI=1S/C17H26O4/c1-5-20-17-9-12-8-6-7-10(2)16(12,4)14(18)13(17)11(3)15(19)21-17/h10,12,14,18H,5-9H2,1-4H3. The van der Waals surface area contributed by atoms with Gasteiger partial charge in [-0.05, 0) is 32.1 Å². The van der Waals surface area contributed by atoms with Gasteiger partial charge in [0.15, 0.2) is 0 Å². The smallest absolute Gasteiger partial charge is 0.336 e. The normalized spacial score (nSPS) is 46.1. The van der Waals surface area contributed by atoms with Crippen LogP contribution in [0.5, 0.6) is 0 Å². The summed E-state index contributed by atoms with van der Waals surface area (Å²) in [5, 5.41) is 11.1. The summed E-state index contributed by atoms with van der Waals surface area (Å²) in [5.74, 6) is -0.601. The number of esters is 1. The molecule has 118 valence electrons. The van der Waals surface area contributed by atoms with E-state index in [1.54, 1.807) is 6.92 Å². The van der Waals surface area contributed by atoms with Gasteiger partial charge in [-0.2, -0.15) is 0 Å². The van der Waals surface area contributed by atoms with Gasteiger partial charge in [-0.25, -0.2) is 4.79 Å². The lowest BCUT2D eigenvalue weighted by molar-refractivity contribution is -0.241. The lowest BCUT2D eigenvalue weighted by Gasteiger charge is -2.56. The number of carbonyl (C=O) groups excluding carboxylic acids is 1. The molecule has 3 rings (SSSR count). The van der Waals surface area contributed by atoms with Gasteiger partial charge in [0.2, 0.25) is 5.79 Å². The second kappa shape index (κ2) is 4.82. The van der Waals surface area contributed by atoms with Crippen LogP contribution in [0.3, 0.4) is 0 Å². The number of hydrogen-bond acceptors (Lipinski definition) is 4. The summed E-state index contributed by atoms with van der Waals surface area (Å²) in [6.07, 6.45) is 3.38. The van der Waals surface area contributed by atoms with Crippen molar-refractivity contribution in [3.05, 3.63) is 11.1 Å². The Bertz CT molecular complexity index is 497. The van der Waals surface area contributed by atoms with E-state index in [0.717, 1.165) is 12.8 Å². The molecule has 5 unspecified atom stereocenters. The third-order valence-corrected chi connectivity index (χ3v) is 6.26. The van der Waals surface area contributed by atoms with Crippen molar-refractivity contribution in [2.24, 2.45) is 17.3 Å². The van der Waals surface area contributed by atoms with Gasteiger partial charge in [0.1, 0.15) is 0 Å². The third kappa shape index (κ3) is 1.85. The molecule has 2 aliphatic carbocycles. The monoisotopic (exact) mass is 294 g/mol. The van der Waals surface area contributed by atoms with Crippen LogP contribution in [0.2, 0.25) is 0 Å². The largest absolute Gasteiger partial charge is 0.425 e. The molecule has 0 aromatic carbocycles. The Morgan fingerprint density at radius 3 is 2.81 bits per heavy atom. The quantitative estimate of drug-likeness (QED) is 0.796. The fourth-order valence-electron chi connectivity index (χ4n) is 4.79. The van der Waals surface area contributed by atoms with Gasteiger partial charge >= 0.3 is 5.97 Å². The molecule has 5 atom stereocenters. The molecule has 1 aliphatic heterocycles. The summed E-state index contributed by atoms with van der Waals surface area (Å²) in [6.45, 7) is 8.51. The highest BCUT2D eigenvalue weighted by atomic mass is 16.7. The first kappa shape index (κ1) is 15.0. The molecule has 4 nitrogen and oxygen atoms in total. The third-order valence-electron chi connectivity index (χ3n) is 6.26. The summed E-state index contributed by atoms with van der Waals surface area (Å²) < 4.78 is 11.5. The molecular weight excluding hydrogens is 268 g/mol. The molecular formula is C17H26O4. The van der Waals surface area contributed by atoms with Crippen molar-refractivity contribution in [1.82, 2.24) is 0 Å². The average Bonchev–Trinajstić information content (AvgIpc) is 2.66. The molecule has 21 heavy (non-hydrogen) atoms. The lowest BCUT2D eigenvalue weighted by atomic mass is 9.52. The number of rotatable bonds is 2. The number of aliphatic hydroxyl groups excluding tert-OH is 1. The van der Waals surface area contributed by atoms with Crippen molar-refractivity contribution in [1.29, 1.82) is 0 Å². The van der Waals surface area contributed by atoms with Crippen molar-refractivity contribution in [2.45, 2.75) is 65.3 Å². The van der Waals surface area contributed by atoms with Crippen LogP contribution in [0, 0.1) is 17.3 Å². The van der Waals surface area contributed by atoms with E-state index in [1.807, 2.05) is 6.92 Å². The Morgan fingerprint density at radius 2 is 2.14 bits per heavy atom. The van der Waals surface area contributed by atoms with E-state index >= 15 is 0 Å². The molecule has 0 spiro atoms. The molecule has 0 amide bonds. The van der Waals surface area contributed by atoms with Gasteiger partial charge in [-0.3, -0.25) is 0 Å². The average molecular weight is 294 g/mol. The van der Waals surface area contributed by atoms with E-state index in [1.165, 1.54) is 6.42 Å². The van der Waals surface area contributed by atoms with Gasteiger partial charge in [-0.15, -0.1) is 0 Å². The highest BCUT2D eigenvalue weighted by molar-refractivity contribution is 5.92. The van der Waals surface area contributed by atoms with E-state index < -0.39 is 11.9 Å². The first-order valence-electron chi connectivity index (χ1n) is 8.13. The fraction of sp³-hybridized carbons (Fsp3) is 0.824. The number of aliphatic hydroxyl groups is 1. The minimum atomic E-state index is -1.02. The topological polar surface area (TPSA) is 55.8 Å². The number of carbonyl (C=O) groups is 1. The maximum atomic E-state index is 12.1. The molecule has 0 aromatic rings. The van der Waals surface area contributed by atoms with E-state index in [9.17, 15) is 9.90 Å². The lowest BCUT2D eigenvalue weighted by Crippen LogP contribution is -2.58. The first-order valence-corrected chi connectivity index (χ1v) is 8.13. The van der Waals surface area contributed by atoms with E-state index in [2.05, 4.69) is 13.8 Å². The van der Waals surface area contributed by atoms with Crippen molar-refractivity contribution >= 4 is 5.97 Å². The molecule has 2 fully saturated rings. The molecule has 4 heteroatoms. The number of fused-ring (bicyclic) bond motifs is 2. The van der Waals surface area contributed by atoms with E-state index in [-0.39, 0.29) is 11.4 Å². The van der Waals surface area contributed by atoms with Crippen LogP contribution in [-0.2, 0) is 14.3 Å². The Balaban J connectivity index is 2.10. The Morgan fingerprint density at radius 1 is 1.43 bits per heavy atom. The first-order chi connectivity index (χ1) is 9.86. The van der Waals surface area contributed by atoms with Crippen molar-refractivity contribution < 1.29 is 19.4 Å². The molecule has 0 aromatic heterocycles. The SMILES string of the molecule is CCOC12CC3CCCC(C)C3(C)C(O)C1=C(C)C(=O)O2. The van der Waals surface area contributed by atoms with Crippen LogP contribution < -0.4 is 0 Å². The van der Waals surface area contributed by atoms with E-state index in [0.29, 0.717) is 36.0 Å². The molecule has 3 aliphatic rings. The van der Waals surface area contributed by atoms with Gasteiger partial charge in [0.05, 0.1) is 6.10 Å². The zero-order valence-electron chi connectivity index (χ0n) is 13.4. The van der Waals surface area contributed by atoms with Crippen molar-refractivity contribution in [2.75, 3.05) is 6.61 Å². The second-order valence-electron chi connectivity index (χ2n) is 7.12. The summed E-state index contributed by atoms with van der Waals surface area (Å²) in [6, 6.07) is 0. The molecule has 2 saturated carbocycles. The second-order valence-corrected chi connectivity index (χ2v) is 7.12. The Kier molecular flexibility index (Phi) is 3.45. The molecule has 0 bridgehead atoms. The Labute approximate surface area is 126 Å². The van der Waals surface area contributed by atoms with Crippen LogP contribution in [0.15, 0.2) is 11.1 Å². The zero-order chi connectivity index (χ0) is 15.4. The molecule has 0 radical (unpaired) electrons. The van der Waals surface area contributed by atoms with Crippen LogP contribution in [0.25, 0.3) is 0 Å². The fourth-order valence-corrected chi connectivity index (χ4v) is 4.79. The maximum absolute atomic E-state index is 12.1. The highest BCUT2D eigenvalue weighted by Crippen LogP contribution is 2.60.